The van der Waals surface area contributed by atoms with Crippen LogP contribution >= 0.6 is 0 Å². The fourth-order valence-corrected chi connectivity index (χ4v) is 1.13. The van der Waals surface area contributed by atoms with Crippen molar-refractivity contribution in [2.45, 2.75) is 27.7 Å². The maximum Gasteiger partial charge on any atom is -0.0244 e. The second-order valence-electron chi connectivity index (χ2n) is 3.00. The second kappa shape index (κ2) is 5.59. The van der Waals surface area contributed by atoms with Gasteiger partial charge in [-0.05, 0) is 38.8 Å². The molecule has 0 saturated carbocycles. The van der Waals surface area contributed by atoms with Gasteiger partial charge in [-0.3, -0.25) is 0 Å². The molecule has 0 heteroatoms. The van der Waals surface area contributed by atoms with Gasteiger partial charge in [-0.1, -0.05) is 36.5 Å². The highest BCUT2D eigenvalue weighted by Gasteiger charge is 1.95. The van der Waals surface area contributed by atoms with Gasteiger partial charge in [0.2, 0.25) is 0 Å². The van der Waals surface area contributed by atoms with Crippen molar-refractivity contribution in [1.29, 1.82) is 0 Å². The van der Waals surface area contributed by atoms with Crippen molar-refractivity contribution in [2.75, 3.05) is 0 Å². The van der Waals surface area contributed by atoms with Gasteiger partial charge in [0.15, 0.2) is 0 Å². The van der Waals surface area contributed by atoms with Gasteiger partial charge < -0.3 is 0 Å². The zero-order valence-electron chi connectivity index (χ0n) is 8.52. The third-order valence-corrected chi connectivity index (χ3v) is 1.66. The summed E-state index contributed by atoms with van der Waals surface area (Å²) in [5.74, 6) is 0. The molecule has 0 unspecified atom stereocenters. The highest BCUT2D eigenvalue weighted by atomic mass is 14.0. The van der Waals surface area contributed by atoms with Crippen LogP contribution in [0, 0.1) is 0 Å². The zero-order chi connectivity index (χ0) is 9.56. The molecule has 0 heterocycles. The van der Waals surface area contributed by atoms with Gasteiger partial charge in [0.05, 0.1) is 0 Å². The summed E-state index contributed by atoms with van der Waals surface area (Å²) in [7, 11) is 0. The quantitative estimate of drug-likeness (QED) is 0.549. The first-order chi connectivity index (χ1) is 5.63. The van der Waals surface area contributed by atoms with Crippen LogP contribution in [-0.2, 0) is 0 Å². The fraction of sp³-hybridized carbons (Fsp3) is 0.333. The van der Waals surface area contributed by atoms with Crippen LogP contribution in [0.1, 0.15) is 27.7 Å². The average Bonchev–Trinajstić information content (AvgIpc) is 1.99. The molecule has 0 amide bonds. The van der Waals surface area contributed by atoms with E-state index in [-0.39, 0.29) is 0 Å². The summed E-state index contributed by atoms with van der Waals surface area (Å²) in [5.41, 5.74) is 3.91. The van der Waals surface area contributed by atoms with Crippen LogP contribution in [0.5, 0.6) is 0 Å². The standard InChI is InChI=1S/C12H18/c1-6-8-11(5)12(9-7-2)10(3)4/h6-9H,1H2,2-5H3. The minimum Gasteiger partial charge on any atom is -0.0991 e. The fourth-order valence-electron chi connectivity index (χ4n) is 1.13. The van der Waals surface area contributed by atoms with Crippen molar-refractivity contribution in [1.82, 2.24) is 0 Å². The van der Waals surface area contributed by atoms with E-state index in [4.69, 9.17) is 0 Å². The van der Waals surface area contributed by atoms with E-state index >= 15 is 0 Å². The molecule has 66 valence electrons. The molecule has 0 aliphatic carbocycles. The Morgan fingerprint density at radius 1 is 1.17 bits per heavy atom. The second-order valence-corrected chi connectivity index (χ2v) is 3.00. The molecule has 0 aliphatic heterocycles. The summed E-state index contributed by atoms with van der Waals surface area (Å²) in [5, 5.41) is 0. The van der Waals surface area contributed by atoms with Gasteiger partial charge >= 0.3 is 0 Å². The highest BCUT2D eigenvalue weighted by Crippen LogP contribution is 2.15. The summed E-state index contributed by atoms with van der Waals surface area (Å²) in [6.45, 7) is 12.1. The largest absolute Gasteiger partial charge is 0.0991 e. The van der Waals surface area contributed by atoms with Crippen LogP contribution in [0.3, 0.4) is 0 Å². The summed E-state index contributed by atoms with van der Waals surface area (Å²) < 4.78 is 0. The Bertz CT molecular complexity index is 233. The number of rotatable bonds is 3. The summed E-state index contributed by atoms with van der Waals surface area (Å²) >= 11 is 0. The van der Waals surface area contributed by atoms with Crippen molar-refractivity contribution in [2.24, 2.45) is 0 Å². The first kappa shape index (κ1) is 11.0. The number of hydrogen-bond acceptors (Lipinski definition) is 0. The van der Waals surface area contributed by atoms with E-state index in [1.807, 2.05) is 19.1 Å². The molecule has 0 saturated heterocycles. The molecular formula is C12H18. The molecule has 0 aromatic carbocycles. The van der Waals surface area contributed by atoms with Crippen LogP contribution in [0.25, 0.3) is 0 Å². The van der Waals surface area contributed by atoms with Crippen molar-refractivity contribution in [3.8, 4) is 0 Å². The average molecular weight is 162 g/mol. The van der Waals surface area contributed by atoms with Gasteiger partial charge in [-0.2, -0.15) is 0 Å². The van der Waals surface area contributed by atoms with E-state index in [2.05, 4.69) is 39.5 Å². The van der Waals surface area contributed by atoms with Crippen molar-refractivity contribution >= 4 is 0 Å². The normalized spacial score (nSPS) is 11.8. The molecule has 0 atom stereocenters. The Morgan fingerprint density at radius 2 is 1.75 bits per heavy atom. The summed E-state index contributed by atoms with van der Waals surface area (Å²) in [4.78, 5) is 0. The van der Waals surface area contributed by atoms with Crippen LogP contribution in [-0.4, -0.2) is 0 Å². The van der Waals surface area contributed by atoms with E-state index in [1.165, 1.54) is 16.7 Å². The number of allylic oxidation sites excluding steroid dienone is 7. The van der Waals surface area contributed by atoms with Gasteiger partial charge in [0.1, 0.15) is 0 Å². The molecule has 0 nitrogen and oxygen atoms in total. The maximum atomic E-state index is 3.68. The zero-order valence-corrected chi connectivity index (χ0v) is 8.52. The Morgan fingerprint density at radius 3 is 2.08 bits per heavy atom. The first-order valence-electron chi connectivity index (χ1n) is 4.23. The molecule has 0 bridgehead atoms. The molecule has 0 spiro atoms. The van der Waals surface area contributed by atoms with Crippen LogP contribution in [0.2, 0.25) is 0 Å². The van der Waals surface area contributed by atoms with E-state index in [9.17, 15) is 0 Å². The molecule has 12 heavy (non-hydrogen) atoms. The molecule has 0 radical (unpaired) electrons. The molecule has 0 N–H and O–H groups in total. The molecule has 0 rings (SSSR count). The van der Waals surface area contributed by atoms with Crippen molar-refractivity contribution < 1.29 is 0 Å². The number of hydrogen-bond donors (Lipinski definition) is 0. The van der Waals surface area contributed by atoms with Gasteiger partial charge in [-0.15, -0.1) is 0 Å². The Hall–Kier alpha value is -1.04. The predicted octanol–water partition coefficient (Wildman–Crippen LogP) is 4.03. The van der Waals surface area contributed by atoms with Gasteiger partial charge in [-0.25, -0.2) is 0 Å². The lowest BCUT2D eigenvalue weighted by atomic mass is 10.0. The first-order valence-corrected chi connectivity index (χ1v) is 4.23. The minimum atomic E-state index is 1.27. The summed E-state index contributed by atoms with van der Waals surface area (Å²) in [6.07, 6.45) is 8.04. The van der Waals surface area contributed by atoms with E-state index < -0.39 is 0 Å². The molecule has 0 aromatic rings. The smallest absolute Gasteiger partial charge is 0.0244 e. The molecule has 0 fully saturated rings. The van der Waals surface area contributed by atoms with E-state index in [0.29, 0.717) is 0 Å². The Kier molecular flexibility index (Phi) is 5.11. The predicted molar refractivity (Wildman–Crippen MR) is 57.1 cm³/mol. The van der Waals surface area contributed by atoms with E-state index in [1.54, 1.807) is 0 Å². The van der Waals surface area contributed by atoms with Crippen LogP contribution in [0.15, 0.2) is 47.6 Å². The lowest BCUT2D eigenvalue weighted by Gasteiger charge is -2.04. The molecular weight excluding hydrogens is 144 g/mol. The monoisotopic (exact) mass is 162 g/mol. The van der Waals surface area contributed by atoms with Crippen LogP contribution in [0.4, 0.5) is 0 Å². The lowest BCUT2D eigenvalue weighted by Crippen LogP contribution is -1.84. The highest BCUT2D eigenvalue weighted by molar-refractivity contribution is 5.42. The van der Waals surface area contributed by atoms with E-state index in [0.717, 1.165) is 0 Å². The lowest BCUT2D eigenvalue weighted by molar-refractivity contribution is 1.28. The molecule has 0 aromatic heterocycles. The summed E-state index contributed by atoms with van der Waals surface area (Å²) in [6, 6.07) is 0. The molecule has 0 aliphatic rings. The third-order valence-electron chi connectivity index (χ3n) is 1.66. The SMILES string of the molecule is C=CC=C(C)C(C=CC)=C(C)C. The Balaban J connectivity index is 4.90. The van der Waals surface area contributed by atoms with Crippen molar-refractivity contribution in [3.63, 3.8) is 0 Å². The third kappa shape index (κ3) is 3.38. The maximum absolute atomic E-state index is 3.68. The minimum absolute atomic E-state index is 1.27. The van der Waals surface area contributed by atoms with Crippen LogP contribution < -0.4 is 0 Å². The topological polar surface area (TPSA) is 0 Å². The van der Waals surface area contributed by atoms with Crippen molar-refractivity contribution in [3.05, 3.63) is 47.6 Å². The van der Waals surface area contributed by atoms with Gasteiger partial charge in [0, 0.05) is 0 Å². The van der Waals surface area contributed by atoms with Gasteiger partial charge in [0.25, 0.3) is 0 Å². The Labute approximate surface area is 76.0 Å².